The summed E-state index contributed by atoms with van der Waals surface area (Å²) in [7, 11) is 0. The first-order chi connectivity index (χ1) is 22.5. The number of benzene rings is 1. The van der Waals surface area contributed by atoms with E-state index in [9.17, 15) is 5.11 Å². The minimum Gasteiger partial charge on any atom is -0.508 e. The van der Waals surface area contributed by atoms with Crippen molar-refractivity contribution < 1.29 is 5.11 Å². The summed E-state index contributed by atoms with van der Waals surface area (Å²) in [6, 6.07) is 7.61. The Bertz CT molecular complexity index is 1280. The van der Waals surface area contributed by atoms with Gasteiger partial charge in [-0.05, 0) is 170 Å². The molecule has 0 radical (unpaired) electrons. The molecule has 0 bridgehead atoms. The summed E-state index contributed by atoms with van der Waals surface area (Å²) in [5.41, 5.74) is 12.9. The molecule has 0 atom stereocenters. The first-order valence-corrected chi connectivity index (χ1v) is 18.5. The molecule has 0 spiro atoms. The molecule has 0 heterocycles. The van der Waals surface area contributed by atoms with Crippen molar-refractivity contribution in [1.29, 1.82) is 0 Å². The molecule has 0 unspecified atom stereocenters. The average molecular weight is 639 g/mol. The monoisotopic (exact) mass is 639 g/mol. The van der Waals surface area contributed by atoms with Gasteiger partial charge in [0, 0.05) is 0 Å². The fourth-order valence-corrected chi connectivity index (χ4v) is 5.55. The van der Waals surface area contributed by atoms with Crippen LogP contribution in [0.5, 0.6) is 5.75 Å². The van der Waals surface area contributed by atoms with E-state index in [1.54, 1.807) is 6.07 Å². The van der Waals surface area contributed by atoms with Crippen molar-refractivity contribution in [2.75, 3.05) is 0 Å². The molecule has 1 heteroatoms. The molecule has 0 fully saturated rings. The number of para-hydroxylation sites is 1. The third-order valence-electron chi connectivity index (χ3n) is 8.94. The van der Waals surface area contributed by atoms with E-state index in [1.165, 1.54) is 83.1 Å². The van der Waals surface area contributed by atoms with E-state index < -0.39 is 0 Å². The minimum atomic E-state index is 0.389. The Labute approximate surface area is 291 Å². The third kappa shape index (κ3) is 23.8. The lowest BCUT2D eigenvalue weighted by Gasteiger charge is -2.04. The van der Waals surface area contributed by atoms with Gasteiger partial charge in [-0.1, -0.05) is 111 Å². The van der Waals surface area contributed by atoms with E-state index in [1.807, 2.05) is 18.2 Å². The summed E-state index contributed by atoms with van der Waals surface area (Å²) in [6.07, 6.45) is 36.1. The van der Waals surface area contributed by atoms with Crippen LogP contribution in [0.2, 0.25) is 0 Å². The van der Waals surface area contributed by atoms with Gasteiger partial charge in [0.25, 0.3) is 0 Å². The van der Waals surface area contributed by atoms with Crippen LogP contribution in [0.15, 0.2) is 117 Å². The van der Waals surface area contributed by atoms with E-state index in [0.29, 0.717) is 5.75 Å². The van der Waals surface area contributed by atoms with Gasteiger partial charge >= 0.3 is 0 Å². The van der Waals surface area contributed by atoms with Crippen LogP contribution in [0.1, 0.15) is 158 Å². The first kappa shape index (κ1) is 42.0. The predicted molar refractivity (Wildman–Crippen MR) is 212 cm³/mol. The topological polar surface area (TPSA) is 20.2 Å². The van der Waals surface area contributed by atoms with Crippen molar-refractivity contribution in [2.24, 2.45) is 0 Å². The van der Waals surface area contributed by atoms with Crippen molar-refractivity contribution in [3.8, 4) is 5.75 Å². The van der Waals surface area contributed by atoms with Gasteiger partial charge in [0.05, 0.1) is 0 Å². The Morgan fingerprint density at radius 1 is 0.404 bits per heavy atom. The molecule has 1 aromatic rings. The van der Waals surface area contributed by atoms with Crippen LogP contribution in [0.3, 0.4) is 0 Å². The third-order valence-corrected chi connectivity index (χ3v) is 8.94. The van der Waals surface area contributed by atoms with Crippen LogP contribution in [-0.2, 0) is 6.42 Å². The molecule has 1 rings (SSSR count). The van der Waals surface area contributed by atoms with Crippen molar-refractivity contribution in [2.45, 2.75) is 159 Å². The second kappa shape index (κ2) is 26.0. The maximum atomic E-state index is 9.94. The normalized spacial score (nSPS) is 14.2. The molecular formula is C46H70O. The molecule has 0 aliphatic rings. The van der Waals surface area contributed by atoms with Gasteiger partial charge in [0.1, 0.15) is 5.75 Å². The Kier molecular flexibility index (Phi) is 23.2. The molecule has 0 saturated carbocycles. The highest BCUT2D eigenvalue weighted by Crippen LogP contribution is 2.19. The standard InChI is InChI=1S/C46H70O/c1-37(2)19-12-20-38(3)21-13-22-39(4)23-14-24-40(5)25-15-26-41(6)27-16-28-42(7)29-17-30-43(8)31-18-32-44(9)35-36-45-33-10-11-34-46(45)47/h10-11,19,21,23,25,27,29,31,33-35,47H,12-18,20,22,24,26,28,30,32,36H2,1-9H3/b38-21+,39-23+,40-25+,41-27+,42-29+,43-31+,44-35+. The van der Waals surface area contributed by atoms with Gasteiger partial charge in [-0.2, -0.15) is 0 Å². The zero-order valence-corrected chi connectivity index (χ0v) is 32.0. The summed E-state index contributed by atoms with van der Waals surface area (Å²) < 4.78 is 0. The summed E-state index contributed by atoms with van der Waals surface area (Å²) >= 11 is 0. The summed E-state index contributed by atoms with van der Waals surface area (Å²) in [6.45, 7) is 20.3. The van der Waals surface area contributed by atoms with Gasteiger partial charge in [0.2, 0.25) is 0 Å². The number of allylic oxidation sites excluding steroid dienone is 16. The van der Waals surface area contributed by atoms with Crippen molar-refractivity contribution in [3.63, 3.8) is 0 Å². The molecule has 0 aliphatic heterocycles. The van der Waals surface area contributed by atoms with Crippen molar-refractivity contribution >= 4 is 0 Å². The maximum absolute atomic E-state index is 9.94. The lowest BCUT2D eigenvalue weighted by Crippen LogP contribution is -1.85. The number of hydrogen-bond donors (Lipinski definition) is 1. The minimum absolute atomic E-state index is 0.389. The van der Waals surface area contributed by atoms with Crippen LogP contribution >= 0.6 is 0 Å². The Balaban J connectivity index is 2.23. The van der Waals surface area contributed by atoms with Gasteiger partial charge in [0.15, 0.2) is 0 Å². The Morgan fingerprint density at radius 3 is 0.979 bits per heavy atom. The van der Waals surface area contributed by atoms with E-state index in [2.05, 4.69) is 111 Å². The quantitative estimate of drug-likeness (QED) is 0.118. The molecule has 0 aromatic heterocycles. The van der Waals surface area contributed by atoms with Gasteiger partial charge in [-0.25, -0.2) is 0 Å². The van der Waals surface area contributed by atoms with Crippen LogP contribution in [0.25, 0.3) is 0 Å². The summed E-state index contributed by atoms with van der Waals surface area (Å²) in [5, 5.41) is 9.94. The highest BCUT2D eigenvalue weighted by Gasteiger charge is 1.99. The molecule has 260 valence electrons. The first-order valence-electron chi connectivity index (χ1n) is 18.5. The second-order valence-electron chi connectivity index (χ2n) is 14.2. The van der Waals surface area contributed by atoms with Crippen LogP contribution in [0.4, 0.5) is 0 Å². The smallest absolute Gasteiger partial charge is 0.119 e. The van der Waals surface area contributed by atoms with Gasteiger partial charge in [-0.15, -0.1) is 0 Å². The molecule has 1 N–H and O–H groups in total. The molecule has 0 amide bonds. The summed E-state index contributed by atoms with van der Waals surface area (Å²) in [4.78, 5) is 0. The number of phenolic OH excluding ortho intramolecular Hbond substituents is 1. The molecule has 1 nitrogen and oxygen atoms in total. The highest BCUT2D eigenvalue weighted by molar-refractivity contribution is 5.33. The number of hydrogen-bond acceptors (Lipinski definition) is 1. The number of phenols is 1. The molecule has 47 heavy (non-hydrogen) atoms. The maximum Gasteiger partial charge on any atom is 0.119 e. The number of rotatable bonds is 23. The predicted octanol–water partition coefficient (Wildman–Crippen LogP) is 15.0. The highest BCUT2D eigenvalue weighted by atomic mass is 16.3. The zero-order valence-electron chi connectivity index (χ0n) is 32.0. The van der Waals surface area contributed by atoms with Crippen LogP contribution in [-0.4, -0.2) is 5.11 Å². The molecule has 1 aromatic carbocycles. The average Bonchev–Trinajstić information content (AvgIpc) is 3.00. The van der Waals surface area contributed by atoms with Crippen molar-refractivity contribution in [1.82, 2.24) is 0 Å². The Hall–Kier alpha value is -3.06. The SMILES string of the molecule is CC(C)=CCC/C(C)=C/CC/C(C)=C/CC/C(C)=C/CC/C(C)=C/CC/C(C)=C/CC/C(C)=C/CC/C(C)=C/Cc1ccccc1O. The largest absolute Gasteiger partial charge is 0.508 e. The van der Waals surface area contributed by atoms with E-state index in [0.717, 1.165) is 63.4 Å². The second-order valence-corrected chi connectivity index (χ2v) is 14.2. The number of aromatic hydroxyl groups is 1. The summed E-state index contributed by atoms with van der Waals surface area (Å²) in [5.74, 6) is 0.389. The van der Waals surface area contributed by atoms with Crippen LogP contribution in [0, 0.1) is 0 Å². The molecular weight excluding hydrogens is 569 g/mol. The molecule has 0 saturated heterocycles. The lowest BCUT2D eigenvalue weighted by molar-refractivity contribution is 0.469. The zero-order chi connectivity index (χ0) is 34.9. The van der Waals surface area contributed by atoms with Crippen molar-refractivity contribution in [3.05, 3.63) is 123 Å². The van der Waals surface area contributed by atoms with E-state index >= 15 is 0 Å². The molecule has 0 aliphatic carbocycles. The van der Waals surface area contributed by atoms with Gasteiger partial charge in [-0.3, -0.25) is 0 Å². The van der Waals surface area contributed by atoms with E-state index in [-0.39, 0.29) is 0 Å². The van der Waals surface area contributed by atoms with E-state index in [4.69, 9.17) is 0 Å². The Morgan fingerprint density at radius 2 is 0.681 bits per heavy atom. The fourth-order valence-electron chi connectivity index (χ4n) is 5.55. The van der Waals surface area contributed by atoms with Gasteiger partial charge < -0.3 is 5.11 Å². The lowest BCUT2D eigenvalue weighted by atomic mass is 10.0. The van der Waals surface area contributed by atoms with Crippen LogP contribution < -0.4 is 0 Å². The fraction of sp³-hybridized carbons (Fsp3) is 0.522.